The van der Waals surface area contributed by atoms with Crippen LogP contribution in [0.5, 0.6) is 5.75 Å². The quantitative estimate of drug-likeness (QED) is 0.213. The first-order chi connectivity index (χ1) is 18.2. The van der Waals surface area contributed by atoms with Gasteiger partial charge in [0.05, 0.1) is 12.2 Å². The fourth-order valence-electron chi connectivity index (χ4n) is 4.11. The van der Waals surface area contributed by atoms with Crippen molar-refractivity contribution in [1.82, 2.24) is 0 Å². The summed E-state index contributed by atoms with van der Waals surface area (Å²) in [6.07, 6.45) is -4.41. The number of aliphatic hydroxyl groups excluding tert-OH is 3. The smallest absolute Gasteiger partial charge is 0.350 e. The van der Waals surface area contributed by atoms with Crippen molar-refractivity contribution < 1.29 is 53.8 Å². The van der Waals surface area contributed by atoms with E-state index in [2.05, 4.69) is 0 Å². The number of benzene rings is 2. The fraction of sp³-hybridized carbons (Fsp3) is 0.370. The molecule has 1 unspecified atom stereocenters. The van der Waals surface area contributed by atoms with Gasteiger partial charge in [0.15, 0.2) is 18.0 Å². The lowest BCUT2D eigenvalue weighted by atomic mass is 9.90. The van der Waals surface area contributed by atoms with Crippen LogP contribution in [0.4, 0.5) is 0 Å². The lowest BCUT2D eigenvalue weighted by Crippen LogP contribution is -2.61. The Bertz CT molecular complexity index is 1180. The van der Waals surface area contributed by atoms with Gasteiger partial charge in [0.25, 0.3) is 0 Å². The third-order valence-corrected chi connectivity index (χ3v) is 6.28. The third-order valence-electron chi connectivity index (χ3n) is 6.28. The van der Waals surface area contributed by atoms with Gasteiger partial charge in [0, 0.05) is 12.0 Å². The van der Waals surface area contributed by atoms with E-state index in [9.17, 15) is 34.8 Å². The zero-order chi connectivity index (χ0) is 27.3. The Morgan fingerprint density at radius 1 is 1.03 bits per heavy atom. The minimum Gasteiger partial charge on any atom is -0.462 e. The maximum atomic E-state index is 12.6. The molecule has 4 N–H and O–H groups in total. The van der Waals surface area contributed by atoms with Crippen molar-refractivity contribution in [3.8, 4) is 5.75 Å². The monoisotopic (exact) mass is 528 g/mol. The number of rotatable bonds is 8. The van der Waals surface area contributed by atoms with Gasteiger partial charge in [-0.2, -0.15) is 0 Å². The fourth-order valence-corrected chi connectivity index (χ4v) is 4.11. The van der Waals surface area contributed by atoms with Crippen LogP contribution in [0.2, 0.25) is 0 Å². The van der Waals surface area contributed by atoms with E-state index in [1.165, 1.54) is 24.3 Å². The molecule has 11 heteroatoms. The first-order valence-corrected chi connectivity index (χ1v) is 12.0. The van der Waals surface area contributed by atoms with Crippen LogP contribution >= 0.6 is 0 Å². The molecule has 0 radical (unpaired) electrons. The first kappa shape index (κ1) is 27.4. The molecule has 11 nitrogen and oxygen atoms in total. The molecule has 1 aliphatic carbocycles. The topological polar surface area (TPSA) is 169 Å². The van der Waals surface area contributed by atoms with Crippen LogP contribution in [0.25, 0.3) is 0 Å². The van der Waals surface area contributed by atoms with Crippen LogP contribution in [0.3, 0.4) is 0 Å². The normalized spacial score (nSPS) is 28.9. The summed E-state index contributed by atoms with van der Waals surface area (Å²) in [4.78, 5) is 37.1. The molecule has 0 bridgehead atoms. The Kier molecular flexibility index (Phi) is 8.55. The van der Waals surface area contributed by atoms with Gasteiger partial charge in [0.1, 0.15) is 24.6 Å². The Morgan fingerprint density at radius 2 is 1.74 bits per heavy atom. The van der Waals surface area contributed by atoms with Crippen LogP contribution in [0, 0.1) is 0 Å². The number of ketones is 1. The summed E-state index contributed by atoms with van der Waals surface area (Å²) >= 11 is 0. The molecular formula is C27H28O11. The van der Waals surface area contributed by atoms with Gasteiger partial charge in [-0.1, -0.05) is 42.5 Å². The SMILES string of the molecule is O=C(O[C@H]1[C@H](O)[C@@H](Oc2ccccc2COC(=O)C2(O)C=CCCC2=O)O[C@H](CO)[C@@H]1O)c1ccccc1. The summed E-state index contributed by atoms with van der Waals surface area (Å²) in [5.74, 6) is -2.51. The molecule has 1 heterocycles. The van der Waals surface area contributed by atoms with Gasteiger partial charge in [-0.05, 0) is 30.7 Å². The molecule has 202 valence electrons. The second kappa shape index (κ2) is 11.8. The maximum absolute atomic E-state index is 12.6. The summed E-state index contributed by atoms with van der Waals surface area (Å²) in [6, 6.07) is 14.2. The second-order valence-electron chi connectivity index (χ2n) is 8.87. The van der Waals surface area contributed by atoms with E-state index in [1.807, 2.05) is 0 Å². The minimum absolute atomic E-state index is 0.00654. The van der Waals surface area contributed by atoms with Gasteiger partial charge in [-0.25, -0.2) is 9.59 Å². The molecule has 0 amide bonds. The van der Waals surface area contributed by atoms with Crippen molar-refractivity contribution >= 4 is 17.7 Å². The number of hydrogen-bond acceptors (Lipinski definition) is 11. The van der Waals surface area contributed by atoms with E-state index >= 15 is 0 Å². The Balaban J connectivity index is 1.48. The Labute approximate surface area is 217 Å². The highest BCUT2D eigenvalue weighted by Crippen LogP contribution is 2.29. The number of esters is 2. The molecule has 0 aromatic heterocycles. The predicted molar refractivity (Wildman–Crippen MR) is 129 cm³/mol. The van der Waals surface area contributed by atoms with Gasteiger partial charge in [-0.15, -0.1) is 0 Å². The number of aliphatic hydroxyl groups is 4. The highest BCUT2D eigenvalue weighted by molar-refractivity contribution is 6.09. The van der Waals surface area contributed by atoms with Crippen LogP contribution in [-0.4, -0.2) is 81.1 Å². The number of ether oxygens (including phenoxy) is 4. The van der Waals surface area contributed by atoms with Crippen LogP contribution in [0.1, 0.15) is 28.8 Å². The van der Waals surface area contributed by atoms with Crippen molar-refractivity contribution in [3.63, 3.8) is 0 Å². The molecule has 2 aromatic carbocycles. The number of carbonyl (C=O) groups excluding carboxylic acids is 3. The van der Waals surface area contributed by atoms with E-state index in [4.69, 9.17) is 18.9 Å². The third kappa shape index (κ3) is 5.77. The zero-order valence-electron chi connectivity index (χ0n) is 20.2. The van der Waals surface area contributed by atoms with E-state index < -0.39 is 60.6 Å². The lowest BCUT2D eigenvalue weighted by molar-refractivity contribution is -0.277. The van der Waals surface area contributed by atoms with Crippen molar-refractivity contribution in [2.45, 2.75) is 55.8 Å². The molecule has 2 aliphatic rings. The Hall–Kier alpha value is -3.61. The number of hydrogen-bond donors (Lipinski definition) is 4. The van der Waals surface area contributed by atoms with Crippen molar-refractivity contribution in [2.75, 3.05) is 6.61 Å². The predicted octanol–water partition coefficient (Wildman–Crippen LogP) is 0.423. The summed E-state index contributed by atoms with van der Waals surface area (Å²) in [5.41, 5.74) is -1.87. The van der Waals surface area contributed by atoms with Gasteiger partial charge >= 0.3 is 11.9 Å². The Morgan fingerprint density at radius 3 is 2.45 bits per heavy atom. The van der Waals surface area contributed by atoms with Gasteiger partial charge in [0.2, 0.25) is 11.9 Å². The van der Waals surface area contributed by atoms with E-state index in [0.29, 0.717) is 12.0 Å². The number of Topliss-reactive ketones (excluding diaryl/α,β-unsaturated/α-hetero) is 1. The molecule has 0 spiro atoms. The molecule has 4 rings (SSSR count). The molecule has 2 aromatic rings. The molecule has 6 atom stereocenters. The number of allylic oxidation sites excluding steroid dienone is 1. The van der Waals surface area contributed by atoms with Gasteiger partial charge in [-0.3, -0.25) is 4.79 Å². The second-order valence-corrected chi connectivity index (χ2v) is 8.87. The summed E-state index contributed by atoms with van der Waals surface area (Å²) in [6.45, 7) is -1.05. The van der Waals surface area contributed by atoms with Gasteiger partial charge < -0.3 is 39.4 Å². The minimum atomic E-state index is -2.36. The van der Waals surface area contributed by atoms with E-state index in [0.717, 1.165) is 6.08 Å². The van der Waals surface area contributed by atoms with Crippen molar-refractivity contribution in [2.24, 2.45) is 0 Å². The number of para-hydroxylation sites is 1. The summed E-state index contributed by atoms with van der Waals surface area (Å²) in [7, 11) is 0. The van der Waals surface area contributed by atoms with Crippen LogP contribution in [0.15, 0.2) is 66.7 Å². The summed E-state index contributed by atoms with van der Waals surface area (Å²) < 4.78 is 21.9. The van der Waals surface area contributed by atoms with E-state index in [1.54, 1.807) is 36.4 Å². The average Bonchev–Trinajstić information content (AvgIpc) is 2.93. The highest BCUT2D eigenvalue weighted by Gasteiger charge is 2.48. The molecular weight excluding hydrogens is 500 g/mol. The van der Waals surface area contributed by atoms with Crippen LogP contribution < -0.4 is 4.74 Å². The van der Waals surface area contributed by atoms with Crippen molar-refractivity contribution in [1.29, 1.82) is 0 Å². The molecule has 1 fully saturated rings. The zero-order valence-corrected chi connectivity index (χ0v) is 20.2. The maximum Gasteiger partial charge on any atom is 0.350 e. The molecule has 0 saturated carbocycles. The largest absolute Gasteiger partial charge is 0.462 e. The average molecular weight is 529 g/mol. The van der Waals surface area contributed by atoms with E-state index in [-0.39, 0.29) is 24.3 Å². The lowest BCUT2D eigenvalue weighted by Gasteiger charge is -2.41. The summed E-state index contributed by atoms with van der Waals surface area (Å²) in [5, 5.41) is 41.6. The van der Waals surface area contributed by atoms with Crippen LogP contribution in [-0.2, 0) is 30.4 Å². The van der Waals surface area contributed by atoms with Crippen molar-refractivity contribution in [3.05, 3.63) is 77.9 Å². The first-order valence-electron chi connectivity index (χ1n) is 12.0. The molecule has 38 heavy (non-hydrogen) atoms. The molecule has 1 aliphatic heterocycles. The molecule has 1 saturated heterocycles. The highest BCUT2D eigenvalue weighted by atomic mass is 16.7. The standard InChI is InChI=1S/C27H28O11/c28-14-19-21(30)23(38-24(32)16-8-2-1-3-9-16)22(31)25(37-19)36-18-11-5-4-10-17(18)15-35-26(33)27(34)13-7-6-12-20(27)29/h1-5,7-11,13,19,21-23,25,28,30-31,34H,6,12,14-15H2/t19-,21+,22+,23-,25+,27?/m1/s1. The number of carbonyl (C=O) groups is 3.